The second kappa shape index (κ2) is 8.38. The molecule has 1 unspecified atom stereocenters. The molecule has 5 nitrogen and oxygen atoms in total. The van der Waals surface area contributed by atoms with Crippen molar-refractivity contribution in [1.29, 1.82) is 0 Å². The molecule has 1 atom stereocenters. The van der Waals surface area contributed by atoms with Crippen LogP contribution in [0.5, 0.6) is 11.5 Å². The van der Waals surface area contributed by atoms with Crippen molar-refractivity contribution in [3.05, 3.63) is 59.2 Å². The minimum Gasteiger partial charge on any atom is -0.494 e. The van der Waals surface area contributed by atoms with Gasteiger partial charge in [0, 0.05) is 11.3 Å². The van der Waals surface area contributed by atoms with Crippen LogP contribution in [0.3, 0.4) is 0 Å². The standard InChI is InChI=1S/C23H27NO4/c1-5-23(4)12-11-18-14-20(16(3)13-21(18)28-23)24-22(25)27-15-17-7-9-19(10-8-17)26-6-2/h7-14H,5-6,15H2,1-4H3,(H,24,25). The van der Waals surface area contributed by atoms with E-state index in [0.29, 0.717) is 12.3 Å². The van der Waals surface area contributed by atoms with E-state index in [1.54, 1.807) is 0 Å². The zero-order chi connectivity index (χ0) is 20.1. The van der Waals surface area contributed by atoms with E-state index in [2.05, 4.69) is 25.2 Å². The van der Waals surface area contributed by atoms with Crippen molar-refractivity contribution in [2.45, 2.75) is 46.3 Å². The predicted molar refractivity (Wildman–Crippen MR) is 111 cm³/mol. The molecule has 2 aromatic rings. The fraction of sp³-hybridized carbons (Fsp3) is 0.348. The second-order valence-electron chi connectivity index (χ2n) is 7.08. The summed E-state index contributed by atoms with van der Waals surface area (Å²) in [5.74, 6) is 1.63. The first kappa shape index (κ1) is 19.8. The Morgan fingerprint density at radius 3 is 2.61 bits per heavy atom. The number of fused-ring (bicyclic) bond motifs is 1. The van der Waals surface area contributed by atoms with Crippen LogP contribution >= 0.6 is 0 Å². The maximum absolute atomic E-state index is 12.2. The second-order valence-corrected chi connectivity index (χ2v) is 7.08. The smallest absolute Gasteiger partial charge is 0.411 e. The zero-order valence-electron chi connectivity index (χ0n) is 16.9. The summed E-state index contributed by atoms with van der Waals surface area (Å²) in [6.07, 6.45) is 4.49. The van der Waals surface area contributed by atoms with Crippen LogP contribution in [0, 0.1) is 6.92 Å². The average Bonchev–Trinajstić information content (AvgIpc) is 2.68. The predicted octanol–water partition coefficient (Wildman–Crippen LogP) is 5.72. The van der Waals surface area contributed by atoms with E-state index in [1.807, 2.05) is 56.3 Å². The summed E-state index contributed by atoms with van der Waals surface area (Å²) in [7, 11) is 0. The quantitative estimate of drug-likeness (QED) is 0.695. The topological polar surface area (TPSA) is 56.8 Å². The van der Waals surface area contributed by atoms with Crippen LogP contribution in [0.4, 0.5) is 10.5 Å². The molecule has 2 aromatic carbocycles. The number of rotatable bonds is 6. The van der Waals surface area contributed by atoms with E-state index in [9.17, 15) is 4.79 Å². The summed E-state index contributed by atoms with van der Waals surface area (Å²) < 4.78 is 16.9. The van der Waals surface area contributed by atoms with Crippen molar-refractivity contribution in [3.8, 4) is 11.5 Å². The van der Waals surface area contributed by atoms with Gasteiger partial charge in [0.2, 0.25) is 0 Å². The Morgan fingerprint density at radius 1 is 1.18 bits per heavy atom. The molecule has 0 saturated heterocycles. The van der Waals surface area contributed by atoms with Crippen molar-refractivity contribution in [3.63, 3.8) is 0 Å². The lowest BCUT2D eigenvalue weighted by atomic mass is 9.96. The molecule has 148 valence electrons. The maximum Gasteiger partial charge on any atom is 0.411 e. The highest BCUT2D eigenvalue weighted by molar-refractivity contribution is 5.87. The Kier molecular flexibility index (Phi) is 5.93. The average molecular weight is 381 g/mol. The molecule has 0 spiro atoms. The van der Waals surface area contributed by atoms with Crippen molar-refractivity contribution in [2.75, 3.05) is 11.9 Å². The number of nitrogens with one attached hydrogen (secondary N) is 1. The summed E-state index contributed by atoms with van der Waals surface area (Å²) >= 11 is 0. The highest BCUT2D eigenvalue weighted by atomic mass is 16.5. The van der Waals surface area contributed by atoms with Gasteiger partial charge in [-0.15, -0.1) is 0 Å². The molecule has 1 aliphatic heterocycles. The Labute approximate surface area is 166 Å². The molecule has 3 rings (SSSR count). The summed E-state index contributed by atoms with van der Waals surface area (Å²) in [5.41, 5.74) is 3.19. The molecule has 0 bridgehead atoms. The summed E-state index contributed by atoms with van der Waals surface area (Å²) in [5, 5.41) is 2.82. The lowest BCUT2D eigenvalue weighted by Crippen LogP contribution is -2.30. The van der Waals surface area contributed by atoms with Crippen LogP contribution in [0.25, 0.3) is 6.08 Å². The van der Waals surface area contributed by atoms with E-state index in [1.165, 1.54) is 0 Å². The third-order valence-corrected chi connectivity index (χ3v) is 4.86. The van der Waals surface area contributed by atoms with Gasteiger partial charge in [-0.2, -0.15) is 0 Å². The molecular weight excluding hydrogens is 354 g/mol. The number of aryl methyl sites for hydroxylation is 1. The van der Waals surface area contributed by atoms with Gasteiger partial charge in [0.05, 0.1) is 6.61 Å². The van der Waals surface area contributed by atoms with Crippen LogP contribution in [0.2, 0.25) is 0 Å². The molecular formula is C23H27NO4. The molecule has 1 N–H and O–H groups in total. The van der Waals surface area contributed by atoms with Crippen LogP contribution in [-0.4, -0.2) is 18.3 Å². The van der Waals surface area contributed by atoms with Gasteiger partial charge in [-0.1, -0.05) is 25.1 Å². The van der Waals surface area contributed by atoms with Crippen molar-refractivity contribution in [2.24, 2.45) is 0 Å². The Morgan fingerprint density at radius 2 is 1.93 bits per heavy atom. The van der Waals surface area contributed by atoms with Crippen LogP contribution in [-0.2, 0) is 11.3 Å². The number of anilines is 1. The van der Waals surface area contributed by atoms with Crippen molar-refractivity contribution in [1.82, 2.24) is 0 Å². The van der Waals surface area contributed by atoms with Crippen LogP contribution < -0.4 is 14.8 Å². The molecule has 1 amide bonds. The monoisotopic (exact) mass is 381 g/mol. The molecule has 5 heteroatoms. The number of hydrogen-bond acceptors (Lipinski definition) is 4. The first-order valence-corrected chi connectivity index (χ1v) is 9.61. The van der Waals surface area contributed by atoms with Gasteiger partial charge in [0.15, 0.2) is 0 Å². The zero-order valence-corrected chi connectivity index (χ0v) is 16.9. The van der Waals surface area contributed by atoms with E-state index in [0.717, 1.165) is 34.6 Å². The highest BCUT2D eigenvalue weighted by Gasteiger charge is 2.26. The number of ether oxygens (including phenoxy) is 3. The van der Waals surface area contributed by atoms with E-state index in [-0.39, 0.29) is 12.2 Å². The third-order valence-electron chi connectivity index (χ3n) is 4.86. The first-order chi connectivity index (χ1) is 13.4. The Balaban J connectivity index is 1.61. The lowest BCUT2D eigenvalue weighted by molar-refractivity contribution is 0.133. The van der Waals surface area contributed by atoms with E-state index < -0.39 is 6.09 Å². The van der Waals surface area contributed by atoms with E-state index >= 15 is 0 Å². The van der Waals surface area contributed by atoms with E-state index in [4.69, 9.17) is 14.2 Å². The molecule has 0 fully saturated rings. The van der Waals surface area contributed by atoms with Gasteiger partial charge in [-0.05, 0) is 68.7 Å². The molecule has 0 aliphatic carbocycles. The molecule has 0 radical (unpaired) electrons. The fourth-order valence-electron chi connectivity index (χ4n) is 2.94. The summed E-state index contributed by atoms with van der Waals surface area (Å²) in [4.78, 5) is 12.2. The molecule has 1 heterocycles. The molecule has 1 aliphatic rings. The highest BCUT2D eigenvalue weighted by Crippen LogP contribution is 2.36. The number of amides is 1. The first-order valence-electron chi connectivity index (χ1n) is 9.61. The molecule has 0 saturated carbocycles. The number of carbonyl (C=O) groups excluding carboxylic acids is 1. The van der Waals surface area contributed by atoms with Gasteiger partial charge in [0.1, 0.15) is 23.7 Å². The lowest BCUT2D eigenvalue weighted by Gasteiger charge is -2.31. The minimum absolute atomic E-state index is 0.195. The van der Waals surface area contributed by atoms with Gasteiger partial charge in [-0.25, -0.2) is 4.79 Å². The number of carbonyl (C=O) groups is 1. The minimum atomic E-state index is -0.490. The number of hydrogen-bond donors (Lipinski definition) is 1. The van der Waals surface area contributed by atoms with Gasteiger partial charge in [-0.3, -0.25) is 5.32 Å². The van der Waals surface area contributed by atoms with Gasteiger partial charge >= 0.3 is 6.09 Å². The van der Waals surface area contributed by atoms with Gasteiger partial charge in [0.25, 0.3) is 0 Å². The third kappa shape index (κ3) is 4.66. The summed E-state index contributed by atoms with van der Waals surface area (Å²) in [6.45, 7) is 8.85. The van der Waals surface area contributed by atoms with Gasteiger partial charge < -0.3 is 14.2 Å². The van der Waals surface area contributed by atoms with Crippen molar-refractivity contribution >= 4 is 17.9 Å². The normalized spacial score (nSPS) is 17.4. The van der Waals surface area contributed by atoms with Crippen LogP contribution in [0.15, 0.2) is 42.5 Å². The number of benzene rings is 2. The Hall–Kier alpha value is -2.95. The molecule has 28 heavy (non-hydrogen) atoms. The molecule has 0 aromatic heterocycles. The fourth-order valence-corrected chi connectivity index (χ4v) is 2.94. The van der Waals surface area contributed by atoms with Crippen LogP contribution in [0.1, 0.15) is 43.9 Å². The largest absolute Gasteiger partial charge is 0.494 e. The SMILES string of the molecule is CCOc1ccc(COC(=O)Nc2cc3c(cc2C)OC(C)(CC)C=C3)cc1. The summed E-state index contributed by atoms with van der Waals surface area (Å²) in [6, 6.07) is 11.4. The van der Waals surface area contributed by atoms with Crippen molar-refractivity contribution < 1.29 is 19.0 Å². The maximum atomic E-state index is 12.2. The Bertz CT molecular complexity index is 873.